The van der Waals surface area contributed by atoms with Crippen molar-refractivity contribution in [3.63, 3.8) is 0 Å². The second-order valence-electron chi connectivity index (χ2n) is 7.06. The van der Waals surface area contributed by atoms with Gasteiger partial charge in [0.15, 0.2) is 0 Å². The first kappa shape index (κ1) is 17.3. The third-order valence-corrected chi connectivity index (χ3v) is 4.51. The van der Waals surface area contributed by atoms with Crippen LogP contribution in [0.15, 0.2) is 24.3 Å². The van der Waals surface area contributed by atoms with Crippen molar-refractivity contribution in [2.24, 2.45) is 11.8 Å². The highest BCUT2D eigenvalue weighted by atomic mass is 16.5. The number of nitrogens with one attached hydrogen (secondary N) is 2. The summed E-state index contributed by atoms with van der Waals surface area (Å²) >= 11 is 0. The van der Waals surface area contributed by atoms with E-state index in [0.717, 1.165) is 22.3 Å². The minimum absolute atomic E-state index is 0.0594. The number of nitrogens with zero attached hydrogens (tertiary/aromatic N) is 1. The van der Waals surface area contributed by atoms with Gasteiger partial charge in [-0.05, 0) is 30.2 Å². The molecular weight excluding hydrogens is 318 g/mol. The summed E-state index contributed by atoms with van der Waals surface area (Å²) in [4.78, 5) is 29.5. The summed E-state index contributed by atoms with van der Waals surface area (Å²) in [6, 6.07) is 7.81. The van der Waals surface area contributed by atoms with Gasteiger partial charge in [-0.1, -0.05) is 13.8 Å². The summed E-state index contributed by atoms with van der Waals surface area (Å²) in [5.41, 5.74) is 1.93. The van der Waals surface area contributed by atoms with E-state index in [1.807, 2.05) is 24.3 Å². The molecule has 1 aromatic heterocycles. The lowest BCUT2D eigenvalue weighted by molar-refractivity contribution is -0.129. The molecule has 2 heterocycles. The summed E-state index contributed by atoms with van der Waals surface area (Å²) < 4.78 is 5.22. The lowest BCUT2D eigenvalue weighted by Gasteiger charge is -2.18. The van der Waals surface area contributed by atoms with Crippen LogP contribution in [0.1, 0.15) is 26.0 Å². The zero-order chi connectivity index (χ0) is 18.0. The highest BCUT2D eigenvalue weighted by Crippen LogP contribution is 2.22. The zero-order valence-corrected chi connectivity index (χ0v) is 15.0. The third-order valence-electron chi connectivity index (χ3n) is 4.51. The number of benzene rings is 1. The average molecular weight is 343 g/mol. The molecule has 1 fully saturated rings. The van der Waals surface area contributed by atoms with Crippen LogP contribution >= 0.6 is 0 Å². The van der Waals surface area contributed by atoms with Crippen molar-refractivity contribution in [1.29, 1.82) is 0 Å². The Morgan fingerprint density at radius 3 is 2.92 bits per heavy atom. The smallest absolute Gasteiger partial charge is 0.225 e. The topological polar surface area (TPSA) is 74.4 Å². The maximum Gasteiger partial charge on any atom is 0.225 e. The second-order valence-corrected chi connectivity index (χ2v) is 7.06. The van der Waals surface area contributed by atoms with E-state index in [1.165, 1.54) is 0 Å². The molecule has 1 aliphatic heterocycles. The van der Waals surface area contributed by atoms with Gasteiger partial charge >= 0.3 is 0 Å². The first-order valence-corrected chi connectivity index (χ1v) is 8.67. The van der Waals surface area contributed by atoms with E-state index in [4.69, 9.17) is 4.74 Å². The first-order valence-electron chi connectivity index (χ1n) is 8.67. The van der Waals surface area contributed by atoms with E-state index in [0.29, 0.717) is 32.0 Å². The van der Waals surface area contributed by atoms with Gasteiger partial charge in [0, 0.05) is 36.1 Å². The van der Waals surface area contributed by atoms with Gasteiger partial charge in [-0.2, -0.15) is 0 Å². The number of aromatic amines is 1. The largest absolute Gasteiger partial charge is 0.497 e. The second kappa shape index (κ2) is 7.17. The minimum Gasteiger partial charge on any atom is -0.497 e. The predicted molar refractivity (Wildman–Crippen MR) is 96.2 cm³/mol. The van der Waals surface area contributed by atoms with Crippen LogP contribution in [0.2, 0.25) is 0 Å². The van der Waals surface area contributed by atoms with Crippen LogP contribution in [0, 0.1) is 11.8 Å². The number of aromatic nitrogens is 1. The molecule has 0 bridgehead atoms. The molecule has 134 valence electrons. The summed E-state index contributed by atoms with van der Waals surface area (Å²) in [6.07, 6.45) is 0.308. The number of methoxy groups -OCH3 is 1. The van der Waals surface area contributed by atoms with Crippen molar-refractivity contribution in [2.45, 2.75) is 26.8 Å². The fourth-order valence-corrected chi connectivity index (χ4v) is 3.28. The van der Waals surface area contributed by atoms with Gasteiger partial charge in [0.05, 0.1) is 19.6 Å². The number of amides is 2. The molecule has 2 aromatic rings. The first-order chi connectivity index (χ1) is 12.0. The van der Waals surface area contributed by atoms with Crippen molar-refractivity contribution in [3.05, 3.63) is 30.0 Å². The molecule has 0 spiro atoms. The van der Waals surface area contributed by atoms with Crippen LogP contribution in [-0.4, -0.2) is 41.9 Å². The van der Waals surface area contributed by atoms with Crippen molar-refractivity contribution < 1.29 is 14.3 Å². The number of hydrogen-bond acceptors (Lipinski definition) is 3. The van der Waals surface area contributed by atoms with E-state index < -0.39 is 0 Å². The molecule has 25 heavy (non-hydrogen) atoms. The highest BCUT2D eigenvalue weighted by molar-refractivity contribution is 5.89. The maximum atomic E-state index is 12.4. The van der Waals surface area contributed by atoms with E-state index in [-0.39, 0.29) is 17.7 Å². The highest BCUT2D eigenvalue weighted by Gasteiger charge is 2.34. The fraction of sp³-hybridized carbons (Fsp3) is 0.474. The number of fused-ring (bicyclic) bond motifs is 1. The van der Waals surface area contributed by atoms with Gasteiger partial charge in [-0.25, -0.2) is 0 Å². The van der Waals surface area contributed by atoms with E-state index in [2.05, 4.69) is 24.1 Å². The van der Waals surface area contributed by atoms with Crippen molar-refractivity contribution in [2.75, 3.05) is 20.2 Å². The van der Waals surface area contributed by atoms with Gasteiger partial charge in [0.2, 0.25) is 11.8 Å². The van der Waals surface area contributed by atoms with Crippen molar-refractivity contribution in [3.8, 4) is 5.75 Å². The van der Waals surface area contributed by atoms with Crippen LogP contribution in [-0.2, 0) is 16.1 Å². The van der Waals surface area contributed by atoms with E-state index in [9.17, 15) is 9.59 Å². The summed E-state index contributed by atoms with van der Waals surface area (Å²) in [7, 11) is 1.64. The quantitative estimate of drug-likeness (QED) is 0.845. The minimum atomic E-state index is -0.254. The SMILES string of the molecule is COc1ccc2[nH]c(CNC(=O)[C@H]3CC(=O)N(CC(C)C)C3)cc2c1. The number of H-pyrrole nitrogens is 1. The number of likely N-dealkylation sites (tertiary alicyclic amines) is 1. The molecule has 2 amide bonds. The van der Waals surface area contributed by atoms with E-state index in [1.54, 1.807) is 12.0 Å². The van der Waals surface area contributed by atoms with Crippen molar-refractivity contribution in [1.82, 2.24) is 15.2 Å². The van der Waals surface area contributed by atoms with Gasteiger partial charge in [-0.15, -0.1) is 0 Å². The van der Waals surface area contributed by atoms with E-state index >= 15 is 0 Å². The Kier molecular flexibility index (Phi) is 4.97. The number of carbonyl (C=O) groups is 2. The number of carbonyl (C=O) groups excluding carboxylic acids is 2. The standard InChI is InChI=1S/C19H25N3O3/c1-12(2)10-22-11-14(8-18(22)23)19(24)20-9-15-6-13-7-16(25-3)4-5-17(13)21-15/h4-7,12,14,21H,8-11H2,1-3H3,(H,20,24)/t14-/m0/s1. The van der Waals surface area contributed by atoms with Gasteiger partial charge in [0.25, 0.3) is 0 Å². The predicted octanol–water partition coefficient (Wildman–Crippen LogP) is 2.30. The monoisotopic (exact) mass is 343 g/mol. The lowest BCUT2D eigenvalue weighted by Crippen LogP contribution is -2.33. The van der Waals surface area contributed by atoms with Crippen LogP contribution in [0.5, 0.6) is 5.75 Å². The van der Waals surface area contributed by atoms with Crippen LogP contribution in [0.25, 0.3) is 10.9 Å². The van der Waals surface area contributed by atoms with Crippen LogP contribution in [0.4, 0.5) is 0 Å². The summed E-state index contributed by atoms with van der Waals surface area (Å²) in [6.45, 7) is 5.81. The molecule has 2 N–H and O–H groups in total. The summed E-state index contributed by atoms with van der Waals surface area (Å²) in [5, 5.41) is 3.99. The van der Waals surface area contributed by atoms with Gasteiger partial charge < -0.3 is 19.9 Å². The Morgan fingerprint density at radius 2 is 2.20 bits per heavy atom. The molecule has 1 aromatic carbocycles. The molecule has 0 saturated carbocycles. The number of ether oxygens (including phenoxy) is 1. The lowest BCUT2D eigenvalue weighted by atomic mass is 10.1. The molecule has 3 rings (SSSR count). The molecule has 0 aliphatic carbocycles. The third kappa shape index (κ3) is 3.95. The van der Waals surface area contributed by atoms with Crippen LogP contribution in [0.3, 0.4) is 0 Å². The Balaban J connectivity index is 1.58. The molecule has 0 unspecified atom stereocenters. The van der Waals surface area contributed by atoms with Gasteiger partial charge in [0.1, 0.15) is 5.75 Å². The van der Waals surface area contributed by atoms with Crippen molar-refractivity contribution >= 4 is 22.7 Å². The molecule has 6 nitrogen and oxygen atoms in total. The Labute approximate surface area is 147 Å². The van der Waals surface area contributed by atoms with Gasteiger partial charge in [-0.3, -0.25) is 9.59 Å². The molecule has 6 heteroatoms. The molecule has 0 radical (unpaired) electrons. The Morgan fingerprint density at radius 1 is 1.40 bits per heavy atom. The molecule has 1 atom stereocenters. The molecule has 1 saturated heterocycles. The Bertz CT molecular complexity index is 781. The molecule has 1 aliphatic rings. The molecular formula is C19H25N3O3. The maximum absolute atomic E-state index is 12.4. The van der Waals surface area contributed by atoms with Crippen LogP contribution < -0.4 is 10.1 Å². The Hall–Kier alpha value is -2.50. The zero-order valence-electron chi connectivity index (χ0n) is 15.0. The number of hydrogen-bond donors (Lipinski definition) is 2. The average Bonchev–Trinajstić information content (AvgIpc) is 3.14. The fourth-order valence-electron chi connectivity index (χ4n) is 3.28. The normalized spacial score (nSPS) is 17.5. The summed E-state index contributed by atoms with van der Waals surface area (Å²) in [5.74, 6) is 0.976. The number of rotatable bonds is 6.